The first kappa shape index (κ1) is 13.1. The average Bonchev–Trinajstić information content (AvgIpc) is 2.31. The minimum atomic E-state index is -4.00. The van der Waals surface area contributed by atoms with Gasteiger partial charge in [-0.25, -0.2) is 4.98 Å². The normalized spacial score (nSPS) is 10.2. The van der Waals surface area contributed by atoms with Crippen molar-refractivity contribution < 1.29 is 13.0 Å². The molecule has 5 nitrogen and oxygen atoms in total. The van der Waals surface area contributed by atoms with Crippen LogP contribution in [0.15, 0.2) is 59.6 Å². The second-order valence-corrected chi connectivity index (χ2v) is 4.46. The molecule has 17 heavy (non-hydrogen) atoms. The lowest BCUT2D eigenvalue weighted by atomic mass is 10.4. The summed E-state index contributed by atoms with van der Waals surface area (Å²) in [5.41, 5.74) is 5.25. The Kier molecular flexibility index (Phi) is 4.62. The minimum Gasteiger partial charge on any atom is -0.384 e. The highest BCUT2D eigenvalue weighted by molar-refractivity contribution is 7.85. The Labute approximate surface area is 99.7 Å². The van der Waals surface area contributed by atoms with Gasteiger partial charge < -0.3 is 5.73 Å². The van der Waals surface area contributed by atoms with Crippen molar-refractivity contribution in [1.82, 2.24) is 4.98 Å². The van der Waals surface area contributed by atoms with E-state index in [4.69, 9.17) is 10.3 Å². The van der Waals surface area contributed by atoms with Crippen LogP contribution in [0.4, 0.5) is 5.82 Å². The third kappa shape index (κ3) is 5.10. The van der Waals surface area contributed by atoms with E-state index >= 15 is 0 Å². The van der Waals surface area contributed by atoms with Crippen LogP contribution in [-0.2, 0) is 10.1 Å². The van der Waals surface area contributed by atoms with Crippen molar-refractivity contribution in [2.24, 2.45) is 0 Å². The summed E-state index contributed by atoms with van der Waals surface area (Å²) in [6, 6.07) is 12.9. The van der Waals surface area contributed by atoms with E-state index in [2.05, 4.69) is 4.98 Å². The number of nitrogen functional groups attached to an aromatic ring is 1. The van der Waals surface area contributed by atoms with E-state index in [0.29, 0.717) is 5.82 Å². The molecule has 90 valence electrons. The molecule has 3 N–H and O–H groups in total. The van der Waals surface area contributed by atoms with Crippen LogP contribution in [0.1, 0.15) is 0 Å². The first-order valence-electron chi connectivity index (χ1n) is 4.69. The van der Waals surface area contributed by atoms with E-state index in [9.17, 15) is 8.42 Å². The molecule has 0 saturated heterocycles. The zero-order chi connectivity index (χ0) is 12.7. The second-order valence-electron chi connectivity index (χ2n) is 3.04. The van der Waals surface area contributed by atoms with Crippen LogP contribution in [0, 0.1) is 0 Å². The van der Waals surface area contributed by atoms with Gasteiger partial charge >= 0.3 is 0 Å². The Morgan fingerprint density at radius 1 is 1.00 bits per heavy atom. The van der Waals surface area contributed by atoms with Gasteiger partial charge in [0.15, 0.2) is 0 Å². The first-order chi connectivity index (χ1) is 8.00. The molecule has 0 aliphatic rings. The van der Waals surface area contributed by atoms with Gasteiger partial charge in [0.05, 0.1) is 4.90 Å². The maximum atomic E-state index is 10.4. The van der Waals surface area contributed by atoms with Gasteiger partial charge in [-0.05, 0) is 24.3 Å². The fourth-order valence-corrected chi connectivity index (χ4v) is 1.47. The van der Waals surface area contributed by atoms with Crippen LogP contribution in [0.2, 0.25) is 0 Å². The van der Waals surface area contributed by atoms with Crippen LogP contribution in [0.3, 0.4) is 0 Å². The molecule has 0 saturated carbocycles. The molecular weight excluding hydrogens is 240 g/mol. The summed E-state index contributed by atoms with van der Waals surface area (Å²) in [4.78, 5) is 3.68. The lowest BCUT2D eigenvalue weighted by Crippen LogP contribution is -1.96. The molecule has 0 aliphatic carbocycles. The number of benzene rings is 1. The fraction of sp³-hybridized carbons (Fsp3) is 0. The Morgan fingerprint density at radius 3 is 1.88 bits per heavy atom. The summed E-state index contributed by atoms with van der Waals surface area (Å²) in [6.07, 6.45) is 1.66. The lowest BCUT2D eigenvalue weighted by Gasteiger charge is -1.92. The Bertz CT molecular complexity index is 541. The number of rotatable bonds is 1. The van der Waals surface area contributed by atoms with Gasteiger partial charge in [-0.15, -0.1) is 0 Å². The molecule has 1 aromatic heterocycles. The Balaban J connectivity index is 0.000000181. The molecule has 6 heteroatoms. The van der Waals surface area contributed by atoms with E-state index < -0.39 is 10.1 Å². The highest BCUT2D eigenvalue weighted by Gasteiger charge is 2.05. The number of pyridine rings is 1. The maximum Gasteiger partial charge on any atom is 0.294 e. The third-order valence-corrected chi connectivity index (χ3v) is 2.60. The summed E-state index contributed by atoms with van der Waals surface area (Å²) in [5, 5.41) is 0. The third-order valence-electron chi connectivity index (χ3n) is 1.73. The van der Waals surface area contributed by atoms with Gasteiger partial charge in [-0.1, -0.05) is 24.3 Å². The number of hydrogen-bond acceptors (Lipinski definition) is 4. The van der Waals surface area contributed by atoms with Gasteiger partial charge in [0.1, 0.15) is 5.82 Å². The van der Waals surface area contributed by atoms with E-state index in [1.165, 1.54) is 12.1 Å². The highest BCUT2D eigenvalue weighted by Crippen LogP contribution is 2.05. The van der Waals surface area contributed by atoms with Crippen LogP contribution in [-0.4, -0.2) is 18.0 Å². The largest absolute Gasteiger partial charge is 0.384 e. The SMILES string of the molecule is Nc1ccccn1.O=S(=O)(O)c1ccccc1. The fourth-order valence-electron chi connectivity index (χ4n) is 0.968. The summed E-state index contributed by atoms with van der Waals surface area (Å²) >= 11 is 0. The minimum absolute atomic E-state index is 0.0741. The van der Waals surface area contributed by atoms with Crippen LogP contribution < -0.4 is 5.73 Å². The van der Waals surface area contributed by atoms with Gasteiger partial charge in [0.2, 0.25) is 0 Å². The molecule has 0 bridgehead atoms. The Hall–Kier alpha value is -1.92. The molecule has 0 atom stereocenters. The molecular formula is C11H12N2O3S. The molecule has 1 aromatic carbocycles. The van der Waals surface area contributed by atoms with Crippen molar-refractivity contribution in [2.75, 3.05) is 5.73 Å². The number of aromatic nitrogens is 1. The maximum absolute atomic E-state index is 10.4. The first-order valence-corrected chi connectivity index (χ1v) is 6.13. The van der Waals surface area contributed by atoms with Crippen LogP contribution in [0.5, 0.6) is 0 Å². The summed E-state index contributed by atoms with van der Waals surface area (Å²) in [6.45, 7) is 0. The molecule has 0 radical (unpaired) electrons. The van der Waals surface area contributed by atoms with Crippen molar-refractivity contribution >= 4 is 15.9 Å². The Morgan fingerprint density at radius 2 is 1.59 bits per heavy atom. The van der Waals surface area contributed by atoms with Crippen molar-refractivity contribution in [3.05, 3.63) is 54.7 Å². The van der Waals surface area contributed by atoms with Gasteiger partial charge in [-0.2, -0.15) is 8.42 Å². The molecule has 2 rings (SSSR count). The molecule has 0 aliphatic heterocycles. The molecule has 2 aromatic rings. The van der Waals surface area contributed by atoms with Crippen molar-refractivity contribution in [1.29, 1.82) is 0 Å². The summed E-state index contributed by atoms with van der Waals surface area (Å²) in [5.74, 6) is 0.572. The number of nitrogens with two attached hydrogens (primary N) is 1. The molecule has 0 fully saturated rings. The number of anilines is 1. The van der Waals surface area contributed by atoms with Crippen LogP contribution >= 0.6 is 0 Å². The van der Waals surface area contributed by atoms with Gasteiger partial charge in [-0.3, -0.25) is 4.55 Å². The van der Waals surface area contributed by atoms with Gasteiger partial charge in [0.25, 0.3) is 10.1 Å². The van der Waals surface area contributed by atoms with Crippen molar-refractivity contribution in [3.8, 4) is 0 Å². The van der Waals surface area contributed by atoms with Crippen LogP contribution in [0.25, 0.3) is 0 Å². The monoisotopic (exact) mass is 252 g/mol. The topological polar surface area (TPSA) is 93.3 Å². The highest BCUT2D eigenvalue weighted by atomic mass is 32.2. The zero-order valence-electron chi connectivity index (χ0n) is 8.89. The summed E-state index contributed by atoms with van der Waals surface area (Å²) in [7, 11) is -4.00. The quantitative estimate of drug-likeness (QED) is 0.752. The van der Waals surface area contributed by atoms with E-state index in [1.807, 2.05) is 12.1 Å². The average molecular weight is 252 g/mol. The molecule has 0 amide bonds. The molecule has 1 heterocycles. The van der Waals surface area contributed by atoms with E-state index in [1.54, 1.807) is 30.5 Å². The van der Waals surface area contributed by atoms with E-state index in [-0.39, 0.29) is 4.90 Å². The van der Waals surface area contributed by atoms with E-state index in [0.717, 1.165) is 0 Å². The summed E-state index contributed by atoms with van der Waals surface area (Å²) < 4.78 is 29.2. The van der Waals surface area contributed by atoms with Crippen molar-refractivity contribution in [3.63, 3.8) is 0 Å². The molecule has 0 spiro atoms. The zero-order valence-corrected chi connectivity index (χ0v) is 9.71. The standard InChI is InChI=1S/C6H6O3S.C5H6N2/c7-10(8,9)6-4-2-1-3-5-6;6-5-3-1-2-4-7-5/h1-5H,(H,7,8,9);1-4H,(H2,6,7). The van der Waals surface area contributed by atoms with Gasteiger partial charge in [0, 0.05) is 6.20 Å². The smallest absolute Gasteiger partial charge is 0.294 e. The number of hydrogen-bond donors (Lipinski definition) is 2. The lowest BCUT2D eigenvalue weighted by molar-refractivity contribution is 0.483. The number of nitrogens with zero attached hydrogens (tertiary/aromatic N) is 1. The second kappa shape index (κ2) is 5.97. The predicted molar refractivity (Wildman–Crippen MR) is 64.9 cm³/mol. The van der Waals surface area contributed by atoms with Crippen molar-refractivity contribution in [2.45, 2.75) is 4.90 Å². The molecule has 0 unspecified atom stereocenters. The predicted octanol–water partition coefficient (Wildman–Crippen LogP) is 1.60.